The monoisotopic (exact) mass is 233 g/mol. The first-order valence-corrected chi connectivity index (χ1v) is 5.60. The third-order valence-corrected chi connectivity index (χ3v) is 2.60. The van der Waals surface area contributed by atoms with Crippen LogP contribution in [0.1, 0.15) is 25.5 Å². The molecule has 0 saturated heterocycles. The molecule has 1 aromatic carbocycles. The summed E-state index contributed by atoms with van der Waals surface area (Å²) in [5.74, 6) is 7.11. The molecule has 0 aliphatic carbocycles. The Labute approximate surface area is 103 Å². The van der Waals surface area contributed by atoms with Gasteiger partial charge in [-0.05, 0) is 38.6 Å². The van der Waals surface area contributed by atoms with E-state index in [1.165, 1.54) is 5.56 Å². The molecule has 0 aromatic heterocycles. The molecule has 0 bridgehead atoms. The van der Waals surface area contributed by atoms with Crippen LogP contribution in [0.25, 0.3) is 0 Å². The molecule has 0 spiro atoms. The number of methoxy groups -OCH3 is 1. The molecule has 92 valence electrons. The summed E-state index contributed by atoms with van der Waals surface area (Å²) in [5.41, 5.74) is 1.17. The minimum Gasteiger partial charge on any atom is -0.493 e. The van der Waals surface area contributed by atoms with Crippen molar-refractivity contribution in [2.45, 2.75) is 19.9 Å². The van der Waals surface area contributed by atoms with Crippen LogP contribution in [0.15, 0.2) is 18.2 Å². The van der Waals surface area contributed by atoms with E-state index in [2.05, 4.69) is 24.1 Å². The molecule has 17 heavy (non-hydrogen) atoms. The van der Waals surface area contributed by atoms with Gasteiger partial charge in [0.05, 0.1) is 7.11 Å². The Morgan fingerprint density at radius 3 is 2.71 bits per heavy atom. The fraction of sp³-hybridized carbons (Fsp3) is 0.429. The van der Waals surface area contributed by atoms with Crippen molar-refractivity contribution in [3.63, 3.8) is 0 Å². The standard InChI is InChI=1S/C14H19NO2/c1-5-6-9-17-13-8-7-12(11(2)15-3)10-14(13)16-4/h7-8,10-11,15H,9H2,1-4H3. The maximum atomic E-state index is 5.52. The third kappa shape index (κ3) is 3.69. The molecule has 0 fully saturated rings. The van der Waals surface area contributed by atoms with Gasteiger partial charge in [-0.15, -0.1) is 5.92 Å². The highest BCUT2D eigenvalue weighted by molar-refractivity contribution is 5.43. The molecule has 3 heteroatoms. The van der Waals surface area contributed by atoms with E-state index in [1.807, 2.05) is 25.2 Å². The van der Waals surface area contributed by atoms with Crippen LogP contribution in [0.5, 0.6) is 11.5 Å². The zero-order chi connectivity index (χ0) is 12.7. The molecule has 0 amide bonds. The highest BCUT2D eigenvalue weighted by Crippen LogP contribution is 2.30. The van der Waals surface area contributed by atoms with Gasteiger partial charge >= 0.3 is 0 Å². The summed E-state index contributed by atoms with van der Waals surface area (Å²) in [6.07, 6.45) is 0. The largest absolute Gasteiger partial charge is 0.493 e. The van der Waals surface area contributed by atoms with Crippen LogP contribution >= 0.6 is 0 Å². The quantitative estimate of drug-likeness (QED) is 0.792. The van der Waals surface area contributed by atoms with Crippen LogP contribution in [-0.2, 0) is 0 Å². The Kier molecular flexibility index (Phi) is 5.38. The van der Waals surface area contributed by atoms with Crippen molar-refractivity contribution in [1.82, 2.24) is 5.32 Å². The second-order valence-electron chi connectivity index (χ2n) is 3.64. The predicted octanol–water partition coefficient (Wildman–Crippen LogP) is 2.38. The second kappa shape index (κ2) is 6.82. The van der Waals surface area contributed by atoms with Crippen LogP contribution in [-0.4, -0.2) is 20.8 Å². The van der Waals surface area contributed by atoms with Crippen molar-refractivity contribution in [3.05, 3.63) is 23.8 Å². The summed E-state index contributed by atoms with van der Waals surface area (Å²) in [6.45, 7) is 4.27. The smallest absolute Gasteiger partial charge is 0.162 e. The third-order valence-electron chi connectivity index (χ3n) is 2.60. The number of hydrogen-bond acceptors (Lipinski definition) is 3. The zero-order valence-electron chi connectivity index (χ0n) is 10.8. The van der Waals surface area contributed by atoms with Crippen LogP contribution in [0, 0.1) is 11.8 Å². The molecular formula is C14H19NO2. The Hall–Kier alpha value is -1.66. The number of benzene rings is 1. The van der Waals surface area contributed by atoms with Gasteiger partial charge in [0.25, 0.3) is 0 Å². The van der Waals surface area contributed by atoms with Crippen molar-refractivity contribution in [2.24, 2.45) is 0 Å². The Morgan fingerprint density at radius 2 is 2.12 bits per heavy atom. The lowest BCUT2D eigenvalue weighted by molar-refractivity contribution is 0.330. The lowest BCUT2D eigenvalue weighted by atomic mass is 10.1. The van der Waals surface area contributed by atoms with Crippen molar-refractivity contribution >= 4 is 0 Å². The predicted molar refractivity (Wildman–Crippen MR) is 69.4 cm³/mol. The van der Waals surface area contributed by atoms with Crippen LogP contribution < -0.4 is 14.8 Å². The van der Waals surface area contributed by atoms with Gasteiger partial charge in [0.1, 0.15) is 6.61 Å². The van der Waals surface area contributed by atoms with Crippen LogP contribution in [0.3, 0.4) is 0 Å². The molecule has 1 aromatic rings. The van der Waals surface area contributed by atoms with E-state index >= 15 is 0 Å². The minimum atomic E-state index is 0.286. The average Bonchev–Trinajstić information content (AvgIpc) is 2.38. The Morgan fingerprint density at radius 1 is 1.35 bits per heavy atom. The first-order valence-electron chi connectivity index (χ1n) is 5.60. The fourth-order valence-electron chi connectivity index (χ4n) is 1.43. The van der Waals surface area contributed by atoms with Gasteiger partial charge in [0, 0.05) is 6.04 Å². The number of hydrogen-bond donors (Lipinski definition) is 1. The lowest BCUT2D eigenvalue weighted by Gasteiger charge is -2.14. The van der Waals surface area contributed by atoms with E-state index in [0.29, 0.717) is 6.61 Å². The Balaban J connectivity index is 2.87. The van der Waals surface area contributed by atoms with Gasteiger partial charge in [0.15, 0.2) is 11.5 Å². The molecule has 1 rings (SSSR count). The minimum absolute atomic E-state index is 0.286. The molecular weight excluding hydrogens is 214 g/mol. The molecule has 1 unspecified atom stereocenters. The summed E-state index contributed by atoms with van der Waals surface area (Å²) in [6, 6.07) is 6.21. The van der Waals surface area contributed by atoms with Gasteiger partial charge in [0.2, 0.25) is 0 Å². The molecule has 3 nitrogen and oxygen atoms in total. The zero-order valence-corrected chi connectivity index (χ0v) is 10.8. The maximum absolute atomic E-state index is 5.52. The highest BCUT2D eigenvalue weighted by atomic mass is 16.5. The van der Waals surface area contributed by atoms with Crippen LogP contribution in [0.2, 0.25) is 0 Å². The summed E-state index contributed by atoms with van der Waals surface area (Å²) in [4.78, 5) is 0. The maximum Gasteiger partial charge on any atom is 0.162 e. The Bertz CT molecular complexity index is 418. The van der Waals surface area contributed by atoms with Crippen molar-refractivity contribution in [2.75, 3.05) is 20.8 Å². The van der Waals surface area contributed by atoms with Gasteiger partial charge < -0.3 is 14.8 Å². The number of rotatable bonds is 5. The second-order valence-corrected chi connectivity index (χ2v) is 3.64. The van der Waals surface area contributed by atoms with Crippen molar-refractivity contribution in [3.8, 4) is 23.3 Å². The van der Waals surface area contributed by atoms with Crippen LogP contribution in [0.4, 0.5) is 0 Å². The van der Waals surface area contributed by atoms with E-state index < -0.39 is 0 Å². The normalized spacial score (nSPS) is 11.3. The van der Waals surface area contributed by atoms with Gasteiger partial charge in [-0.1, -0.05) is 12.0 Å². The molecule has 0 radical (unpaired) electrons. The average molecular weight is 233 g/mol. The first-order chi connectivity index (χ1) is 8.22. The first kappa shape index (κ1) is 13.4. The molecule has 1 N–H and O–H groups in total. The van der Waals surface area contributed by atoms with E-state index in [9.17, 15) is 0 Å². The SMILES string of the molecule is CC#CCOc1ccc(C(C)NC)cc1OC. The molecule has 0 aliphatic rings. The summed E-state index contributed by atoms with van der Waals surface area (Å²) < 4.78 is 10.8. The topological polar surface area (TPSA) is 30.5 Å². The molecule has 0 heterocycles. The number of nitrogens with one attached hydrogen (secondary N) is 1. The van der Waals surface area contributed by atoms with E-state index in [-0.39, 0.29) is 6.04 Å². The summed E-state index contributed by atoms with van der Waals surface area (Å²) in [7, 11) is 3.57. The van der Waals surface area contributed by atoms with Gasteiger partial charge in [-0.2, -0.15) is 0 Å². The summed E-state index contributed by atoms with van der Waals surface area (Å²) in [5, 5.41) is 3.19. The van der Waals surface area contributed by atoms with Gasteiger partial charge in [-0.3, -0.25) is 0 Å². The molecule has 0 saturated carbocycles. The van der Waals surface area contributed by atoms with Crippen molar-refractivity contribution < 1.29 is 9.47 Å². The van der Waals surface area contributed by atoms with Crippen molar-refractivity contribution in [1.29, 1.82) is 0 Å². The number of ether oxygens (including phenoxy) is 2. The lowest BCUT2D eigenvalue weighted by Crippen LogP contribution is -2.12. The van der Waals surface area contributed by atoms with Gasteiger partial charge in [-0.25, -0.2) is 0 Å². The summed E-state index contributed by atoms with van der Waals surface area (Å²) >= 11 is 0. The van der Waals surface area contributed by atoms with E-state index in [0.717, 1.165) is 11.5 Å². The molecule has 0 aliphatic heterocycles. The molecule has 1 atom stereocenters. The van der Waals surface area contributed by atoms with E-state index in [1.54, 1.807) is 14.0 Å². The fourth-order valence-corrected chi connectivity index (χ4v) is 1.43. The van der Waals surface area contributed by atoms with E-state index in [4.69, 9.17) is 9.47 Å². The highest BCUT2D eigenvalue weighted by Gasteiger charge is 2.08.